The molecule has 0 spiro atoms. The van der Waals surface area contributed by atoms with Crippen LogP contribution in [0.2, 0.25) is 0 Å². The molecule has 0 saturated heterocycles. The lowest BCUT2D eigenvalue weighted by molar-refractivity contribution is -0.434. The Morgan fingerprint density at radius 1 is 1.04 bits per heavy atom. The molecular weight excluding hydrogens is 422 g/mol. The zero-order valence-electron chi connectivity index (χ0n) is 15.8. The van der Waals surface area contributed by atoms with Crippen molar-refractivity contribution in [2.45, 2.75) is 38.5 Å². The van der Waals surface area contributed by atoms with Crippen molar-refractivity contribution in [2.24, 2.45) is 0 Å². The Kier molecular flexibility index (Phi) is 5.72. The summed E-state index contributed by atoms with van der Waals surface area (Å²) in [6.45, 7) is 4.48. The molecule has 0 amide bonds. The van der Waals surface area contributed by atoms with Crippen LogP contribution in [0.4, 0.5) is 5.00 Å². The second-order valence-electron chi connectivity index (χ2n) is 7.38. The highest BCUT2D eigenvalue weighted by Gasteiger charge is 2.48. The molecular formula is C18H24NO6S3+. The van der Waals surface area contributed by atoms with Crippen LogP contribution in [0.15, 0.2) is 24.3 Å². The lowest BCUT2D eigenvalue weighted by Crippen LogP contribution is -2.31. The molecule has 2 heterocycles. The minimum absolute atomic E-state index is 0.283. The number of benzene rings is 1. The molecule has 0 fully saturated rings. The first-order chi connectivity index (χ1) is 12.9. The third-order valence-electron chi connectivity index (χ3n) is 5.44. The van der Waals surface area contributed by atoms with E-state index in [1.807, 2.05) is 31.2 Å². The number of nitrogens with zero attached hydrogens (tertiary/aromatic N) is 1. The predicted molar refractivity (Wildman–Crippen MR) is 111 cm³/mol. The van der Waals surface area contributed by atoms with Gasteiger partial charge in [-0.25, -0.2) is 0 Å². The van der Waals surface area contributed by atoms with E-state index in [2.05, 4.69) is 11.5 Å². The monoisotopic (exact) mass is 446 g/mol. The van der Waals surface area contributed by atoms with Gasteiger partial charge in [0.05, 0.1) is 22.5 Å². The van der Waals surface area contributed by atoms with Crippen LogP contribution >= 0.6 is 11.3 Å². The summed E-state index contributed by atoms with van der Waals surface area (Å²) in [4.78, 5) is 0. The van der Waals surface area contributed by atoms with E-state index in [-0.39, 0.29) is 17.9 Å². The van der Waals surface area contributed by atoms with E-state index < -0.39 is 25.7 Å². The van der Waals surface area contributed by atoms with Gasteiger partial charge in [-0.3, -0.25) is 9.11 Å². The molecule has 0 aliphatic carbocycles. The minimum atomic E-state index is -4.03. The fourth-order valence-electron chi connectivity index (χ4n) is 3.98. The smallest absolute Gasteiger partial charge is 0.267 e. The Morgan fingerprint density at radius 2 is 1.64 bits per heavy atom. The van der Waals surface area contributed by atoms with Gasteiger partial charge in [-0.05, 0) is 25.8 Å². The lowest BCUT2D eigenvalue weighted by Gasteiger charge is -2.22. The Hall–Kier alpha value is -1.33. The molecule has 154 valence electrons. The number of fused-ring (bicyclic) bond motifs is 3. The fraction of sp³-hybridized carbons (Fsp3) is 0.500. The van der Waals surface area contributed by atoms with Gasteiger partial charge in [-0.15, -0.1) is 0 Å². The highest BCUT2D eigenvalue weighted by atomic mass is 32.2. The summed E-state index contributed by atoms with van der Waals surface area (Å²) < 4.78 is 65.8. The summed E-state index contributed by atoms with van der Waals surface area (Å²) in [5.74, 6) is -0.605. The SMILES string of the molecule is CC1=[N+](CCCS(=O)(=O)O)c2sc3ccccc3c2C1(C)CCCS(=O)(=O)O. The maximum absolute atomic E-state index is 11.2. The first-order valence-electron chi connectivity index (χ1n) is 8.96. The standard InChI is InChI=1S/C18H23NO6S3/c1-13-18(2,9-5-11-27(20,21)22)16-14-7-3-4-8-15(14)26-17(16)19(13)10-6-12-28(23,24)25/h3-4,7-8H,5-6,9-12H2,1-2H3,(H-,20,21,22,23,24,25)/p+1. The van der Waals surface area contributed by atoms with Crippen LogP contribution in [0.1, 0.15) is 38.7 Å². The van der Waals surface area contributed by atoms with E-state index in [0.717, 1.165) is 26.4 Å². The lowest BCUT2D eigenvalue weighted by atomic mass is 9.76. The summed E-state index contributed by atoms with van der Waals surface area (Å²) in [5.41, 5.74) is 1.72. The molecule has 3 rings (SSSR count). The number of hydrogen-bond acceptors (Lipinski definition) is 5. The van der Waals surface area contributed by atoms with Crippen LogP contribution in [0.3, 0.4) is 0 Å². The molecule has 0 radical (unpaired) electrons. The second kappa shape index (κ2) is 7.49. The van der Waals surface area contributed by atoms with Gasteiger partial charge in [0.25, 0.3) is 25.2 Å². The van der Waals surface area contributed by atoms with Gasteiger partial charge in [0.2, 0.25) is 0 Å². The minimum Gasteiger partial charge on any atom is -0.286 e. The molecule has 1 aliphatic heterocycles. The summed E-state index contributed by atoms with van der Waals surface area (Å²) in [5, 5.41) is 2.14. The summed E-state index contributed by atoms with van der Waals surface area (Å²) in [6.07, 6.45) is 1.14. The molecule has 1 aromatic carbocycles. The number of hydrogen-bond donors (Lipinski definition) is 2. The van der Waals surface area contributed by atoms with Crippen LogP contribution in [0, 0.1) is 0 Å². The molecule has 2 aromatic rings. The molecule has 0 bridgehead atoms. The molecule has 1 aliphatic rings. The Labute approximate surface area is 169 Å². The van der Waals surface area contributed by atoms with Crippen molar-refractivity contribution in [1.29, 1.82) is 0 Å². The van der Waals surface area contributed by atoms with Crippen LogP contribution in [0.25, 0.3) is 10.1 Å². The Bertz CT molecular complexity index is 1150. The van der Waals surface area contributed by atoms with Gasteiger partial charge in [-0.1, -0.05) is 29.5 Å². The van der Waals surface area contributed by atoms with Crippen molar-refractivity contribution in [1.82, 2.24) is 0 Å². The van der Waals surface area contributed by atoms with E-state index in [4.69, 9.17) is 9.11 Å². The van der Waals surface area contributed by atoms with Crippen LogP contribution in [-0.4, -0.2) is 54.3 Å². The van der Waals surface area contributed by atoms with Gasteiger partial charge in [0, 0.05) is 23.4 Å². The van der Waals surface area contributed by atoms with E-state index in [1.165, 1.54) is 0 Å². The highest BCUT2D eigenvalue weighted by Crippen LogP contribution is 2.51. The Balaban J connectivity index is 2.01. The summed E-state index contributed by atoms with van der Waals surface area (Å²) in [7, 11) is -8.05. The average molecular weight is 447 g/mol. The van der Waals surface area contributed by atoms with Gasteiger partial charge in [0.15, 0.2) is 12.3 Å². The summed E-state index contributed by atoms with van der Waals surface area (Å²) >= 11 is 1.62. The van der Waals surface area contributed by atoms with Crippen molar-refractivity contribution in [3.8, 4) is 0 Å². The molecule has 28 heavy (non-hydrogen) atoms. The molecule has 0 saturated carbocycles. The molecule has 1 unspecified atom stereocenters. The molecule has 10 heteroatoms. The van der Waals surface area contributed by atoms with E-state index in [0.29, 0.717) is 19.4 Å². The molecule has 1 aromatic heterocycles. The van der Waals surface area contributed by atoms with Crippen molar-refractivity contribution >= 4 is 52.4 Å². The molecule has 1 atom stereocenters. The van der Waals surface area contributed by atoms with Gasteiger partial charge >= 0.3 is 0 Å². The average Bonchev–Trinajstić information content (AvgIpc) is 3.03. The summed E-state index contributed by atoms with van der Waals surface area (Å²) in [6, 6.07) is 8.00. The van der Waals surface area contributed by atoms with E-state index in [1.54, 1.807) is 11.3 Å². The van der Waals surface area contributed by atoms with Crippen molar-refractivity contribution in [2.75, 3.05) is 18.1 Å². The van der Waals surface area contributed by atoms with Gasteiger partial charge in [-0.2, -0.15) is 21.4 Å². The first kappa shape index (κ1) is 21.4. The third kappa shape index (κ3) is 4.30. The fourth-order valence-corrected chi connectivity index (χ4v) is 6.39. The second-order valence-corrected chi connectivity index (χ2v) is 11.6. The highest BCUT2D eigenvalue weighted by molar-refractivity contribution is 7.86. The van der Waals surface area contributed by atoms with Crippen LogP contribution in [0.5, 0.6) is 0 Å². The largest absolute Gasteiger partial charge is 0.286 e. The third-order valence-corrected chi connectivity index (χ3v) is 8.24. The van der Waals surface area contributed by atoms with E-state index >= 15 is 0 Å². The predicted octanol–water partition coefficient (Wildman–Crippen LogP) is 3.22. The van der Waals surface area contributed by atoms with Crippen molar-refractivity contribution in [3.05, 3.63) is 29.8 Å². The quantitative estimate of drug-likeness (QED) is 0.476. The number of rotatable bonds is 8. The number of thiophene rings is 1. The maximum atomic E-state index is 11.2. The van der Waals surface area contributed by atoms with Crippen molar-refractivity contribution < 1.29 is 30.5 Å². The first-order valence-corrected chi connectivity index (χ1v) is 13.0. The normalized spacial score (nSPS) is 20.1. The van der Waals surface area contributed by atoms with Crippen LogP contribution < -0.4 is 0 Å². The maximum Gasteiger partial charge on any atom is 0.267 e. The topological polar surface area (TPSA) is 112 Å². The zero-order chi connectivity index (χ0) is 20.7. The van der Waals surface area contributed by atoms with Crippen molar-refractivity contribution in [3.63, 3.8) is 0 Å². The van der Waals surface area contributed by atoms with E-state index in [9.17, 15) is 16.8 Å². The molecule has 7 nitrogen and oxygen atoms in total. The van der Waals surface area contributed by atoms with Crippen LogP contribution in [-0.2, 0) is 25.7 Å². The molecule has 2 N–H and O–H groups in total. The Morgan fingerprint density at radius 3 is 2.29 bits per heavy atom. The van der Waals surface area contributed by atoms with Gasteiger partial charge in [0.1, 0.15) is 0 Å². The zero-order valence-corrected chi connectivity index (χ0v) is 18.2. The van der Waals surface area contributed by atoms with Gasteiger partial charge < -0.3 is 0 Å².